The highest BCUT2D eigenvalue weighted by molar-refractivity contribution is 7.22. The summed E-state index contributed by atoms with van der Waals surface area (Å²) in [5, 5.41) is 0.938. The summed E-state index contributed by atoms with van der Waals surface area (Å²) in [6.45, 7) is 3.98. The fourth-order valence-electron chi connectivity index (χ4n) is 6.44. The zero-order valence-corrected chi connectivity index (χ0v) is 26.3. The summed E-state index contributed by atoms with van der Waals surface area (Å²) in [6.07, 6.45) is 7.38. The number of likely N-dealkylation sites (tertiary alicyclic amines) is 1. The number of hydrogen-bond donors (Lipinski definition) is 0. The first-order valence-electron chi connectivity index (χ1n) is 15.5. The first-order chi connectivity index (χ1) is 21.0. The average Bonchev–Trinajstić information content (AvgIpc) is 3.69. The maximum Gasteiger partial charge on any atom is 0.195 e. The molecule has 0 amide bonds. The second kappa shape index (κ2) is 13.5. The van der Waals surface area contributed by atoms with Crippen LogP contribution < -0.4 is 14.2 Å². The van der Waals surface area contributed by atoms with Crippen molar-refractivity contribution in [2.24, 2.45) is 0 Å². The van der Waals surface area contributed by atoms with Crippen molar-refractivity contribution in [3.63, 3.8) is 0 Å². The molecule has 4 aromatic rings. The summed E-state index contributed by atoms with van der Waals surface area (Å²) in [6, 6.07) is 22.2. The molecule has 1 saturated carbocycles. The normalized spacial score (nSPS) is 19.2. The van der Waals surface area contributed by atoms with Gasteiger partial charge < -0.3 is 19.1 Å². The first kappa shape index (κ1) is 29.7. The third-order valence-corrected chi connectivity index (χ3v) is 10.1. The van der Waals surface area contributed by atoms with Gasteiger partial charge in [0.2, 0.25) is 0 Å². The van der Waals surface area contributed by atoms with Crippen molar-refractivity contribution in [2.45, 2.75) is 50.7 Å². The summed E-state index contributed by atoms with van der Waals surface area (Å²) < 4.78 is 19.0. The second-order valence-electron chi connectivity index (χ2n) is 11.9. The van der Waals surface area contributed by atoms with Crippen LogP contribution in [0.5, 0.6) is 17.2 Å². The molecule has 43 heavy (non-hydrogen) atoms. The van der Waals surface area contributed by atoms with Gasteiger partial charge in [-0.1, -0.05) is 6.42 Å². The molecule has 7 heteroatoms. The fraction of sp³-hybridized carbons (Fsp3) is 0.417. The number of nitrogens with zero attached hydrogens (tertiary/aromatic N) is 2. The SMILES string of the molecule is COc1ccc2c(C(=O)c3ccc(O[C@H]4CCCC[C@@H]4N(C)C)cc3)c(-c3ccc(OCCN4CCCC4)cc3)sc2c1. The van der Waals surface area contributed by atoms with E-state index < -0.39 is 0 Å². The Labute approximate surface area is 259 Å². The van der Waals surface area contributed by atoms with Crippen LogP contribution in [0, 0.1) is 0 Å². The van der Waals surface area contributed by atoms with E-state index >= 15 is 0 Å². The highest BCUT2D eigenvalue weighted by Crippen LogP contribution is 2.42. The molecule has 1 aromatic heterocycles. The van der Waals surface area contributed by atoms with Crippen LogP contribution in [0.15, 0.2) is 66.7 Å². The van der Waals surface area contributed by atoms with Gasteiger partial charge in [0.05, 0.1) is 7.11 Å². The molecule has 1 saturated heterocycles. The lowest BCUT2D eigenvalue weighted by Gasteiger charge is -2.36. The third-order valence-electron chi connectivity index (χ3n) is 8.85. The van der Waals surface area contributed by atoms with Gasteiger partial charge in [-0.25, -0.2) is 0 Å². The van der Waals surface area contributed by atoms with Crippen molar-refractivity contribution < 1.29 is 19.0 Å². The van der Waals surface area contributed by atoms with Crippen molar-refractivity contribution in [3.8, 4) is 27.7 Å². The Morgan fingerprint density at radius 3 is 2.30 bits per heavy atom. The Balaban J connectivity index is 1.24. The van der Waals surface area contributed by atoms with E-state index in [2.05, 4.69) is 36.0 Å². The molecule has 6 nitrogen and oxygen atoms in total. The molecule has 3 aromatic carbocycles. The lowest BCUT2D eigenvalue weighted by Crippen LogP contribution is -2.44. The molecule has 6 rings (SSSR count). The van der Waals surface area contributed by atoms with Crippen LogP contribution in [0.25, 0.3) is 20.5 Å². The van der Waals surface area contributed by atoms with Crippen LogP contribution in [-0.4, -0.2) is 75.2 Å². The van der Waals surface area contributed by atoms with E-state index in [0.717, 1.165) is 62.7 Å². The fourth-order valence-corrected chi connectivity index (χ4v) is 7.68. The quantitative estimate of drug-likeness (QED) is 0.166. The van der Waals surface area contributed by atoms with Gasteiger partial charge in [0.1, 0.15) is 30.0 Å². The molecule has 2 aliphatic rings. The van der Waals surface area contributed by atoms with E-state index in [1.165, 1.54) is 38.8 Å². The van der Waals surface area contributed by atoms with E-state index in [-0.39, 0.29) is 11.9 Å². The van der Waals surface area contributed by atoms with E-state index in [4.69, 9.17) is 14.2 Å². The summed E-state index contributed by atoms with van der Waals surface area (Å²) >= 11 is 1.62. The molecule has 2 fully saturated rings. The zero-order chi connectivity index (χ0) is 29.8. The number of benzene rings is 3. The topological polar surface area (TPSA) is 51.2 Å². The summed E-state index contributed by atoms with van der Waals surface area (Å²) in [4.78, 5) is 19.8. The summed E-state index contributed by atoms with van der Waals surface area (Å²) in [5.74, 6) is 2.45. The molecule has 2 atom stereocenters. The van der Waals surface area contributed by atoms with Gasteiger partial charge in [-0.15, -0.1) is 11.3 Å². The van der Waals surface area contributed by atoms with Crippen molar-refractivity contribution in [3.05, 3.63) is 77.9 Å². The Morgan fingerprint density at radius 1 is 0.884 bits per heavy atom. The number of rotatable bonds is 11. The van der Waals surface area contributed by atoms with Gasteiger partial charge in [0.15, 0.2) is 5.78 Å². The maximum absolute atomic E-state index is 14.1. The molecule has 1 aliphatic heterocycles. The van der Waals surface area contributed by atoms with Crippen LogP contribution in [-0.2, 0) is 0 Å². The summed E-state index contributed by atoms with van der Waals surface area (Å²) in [5.41, 5.74) is 2.38. The lowest BCUT2D eigenvalue weighted by molar-refractivity contribution is 0.0623. The first-order valence-corrected chi connectivity index (χ1v) is 16.4. The van der Waals surface area contributed by atoms with Gasteiger partial charge in [0, 0.05) is 38.7 Å². The molecule has 226 valence electrons. The van der Waals surface area contributed by atoms with Crippen molar-refractivity contribution in [2.75, 3.05) is 47.4 Å². The number of carbonyl (C=O) groups is 1. The molecule has 0 bridgehead atoms. The van der Waals surface area contributed by atoms with Gasteiger partial charge in [0.25, 0.3) is 0 Å². The van der Waals surface area contributed by atoms with E-state index in [9.17, 15) is 4.79 Å². The molecule has 0 N–H and O–H groups in total. The largest absolute Gasteiger partial charge is 0.497 e. The highest BCUT2D eigenvalue weighted by atomic mass is 32.1. The standard InChI is InChI=1S/C36H42N2O4S/c1-37(2)31-8-4-5-9-32(31)42-28-16-10-25(11-17-28)35(39)34-30-19-18-29(40-3)24-33(30)43-36(34)26-12-14-27(15-13-26)41-23-22-38-20-6-7-21-38/h10-19,24,31-32H,4-9,20-23H2,1-3H3/t31-,32-/m0/s1. The van der Waals surface area contributed by atoms with E-state index in [1.54, 1.807) is 18.4 Å². The van der Waals surface area contributed by atoms with Gasteiger partial charge in [-0.3, -0.25) is 9.69 Å². The van der Waals surface area contributed by atoms with Crippen LogP contribution in [0.1, 0.15) is 54.4 Å². The predicted octanol–water partition coefficient (Wildman–Crippen LogP) is 7.53. The monoisotopic (exact) mass is 598 g/mol. The molecule has 0 radical (unpaired) electrons. The number of likely N-dealkylation sites (N-methyl/N-ethyl adjacent to an activating group) is 1. The van der Waals surface area contributed by atoms with Crippen LogP contribution >= 0.6 is 11.3 Å². The van der Waals surface area contributed by atoms with Crippen molar-refractivity contribution in [1.29, 1.82) is 0 Å². The Kier molecular flexibility index (Phi) is 9.31. The molecule has 2 heterocycles. The summed E-state index contributed by atoms with van der Waals surface area (Å²) in [7, 11) is 5.92. The minimum absolute atomic E-state index is 0.00717. The van der Waals surface area contributed by atoms with Crippen LogP contribution in [0.4, 0.5) is 0 Å². The predicted molar refractivity (Wildman–Crippen MR) is 175 cm³/mol. The highest BCUT2D eigenvalue weighted by Gasteiger charge is 2.28. The molecule has 0 spiro atoms. The molecule has 1 aliphatic carbocycles. The number of thiophene rings is 1. The lowest BCUT2D eigenvalue weighted by atomic mass is 9.91. The van der Waals surface area contributed by atoms with E-state index in [1.807, 2.05) is 54.6 Å². The number of carbonyl (C=O) groups excluding carboxylic acids is 1. The second-order valence-corrected chi connectivity index (χ2v) is 13.0. The number of ketones is 1. The number of fused-ring (bicyclic) bond motifs is 1. The number of methoxy groups -OCH3 is 1. The van der Waals surface area contributed by atoms with Crippen LogP contribution in [0.2, 0.25) is 0 Å². The number of hydrogen-bond acceptors (Lipinski definition) is 7. The zero-order valence-electron chi connectivity index (χ0n) is 25.5. The van der Waals surface area contributed by atoms with Crippen LogP contribution in [0.3, 0.4) is 0 Å². The minimum atomic E-state index is 0.00717. The number of ether oxygens (including phenoxy) is 3. The molecule has 0 unspecified atom stereocenters. The maximum atomic E-state index is 14.1. The smallest absolute Gasteiger partial charge is 0.195 e. The molecular weight excluding hydrogens is 556 g/mol. The average molecular weight is 599 g/mol. The third kappa shape index (κ3) is 6.74. The minimum Gasteiger partial charge on any atom is -0.497 e. The van der Waals surface area contributed by atoms with Crippen molar-refractivity contribution >= 4 is 27.2 Å². The van der Waals surface area contributed by atoms with Gasteiger partial charge in [-0.05, 0) is 132 Å². The Bertz CT molecular complexity index is 1520. The Morgan fingerprint density at radius 2 is 1.58 bits per heavy atom. The molecular formula is C36H42N2O4S. The van der Waals surface area contributed by atoms with Gasteiger partial charge >= 0.3 is 0 Å². The van der Waals surface area contributed by atoms with Crippen molar-refractivity contribution in [1.82, 2.24) is 9.80 Å². The van der Waals surface area contributed by atoms with E-state index in [0.29, 0.717) is 18.2 Å². The van der Waals surface area contributed by atoms with Gasteiger partial charge in [-0.2, -0.15) is 0 Å². The Hall–Kier alpha value is -3.39.